The number of hydrogen-bond acceptors (Lipinski definition) is 4. The number of amides is 1. The van der Waals surface area contributed by atoms with Crippen molar-refractivity contribution in [1.29, 1.82) is 0 Å². The molecule has 0 unspecified atom stereocenters. The molecule has 5 nitrogen and oxygen atoms in total. The predicted molar refractivity (Wildman–Crippen MR) is 139 cm³/mol. The van der Waals surface area contributed by atoms with E-state index in [1.54, 1.807) is 18.3 Å². The minimum absolute atomic E-state index is 0.451. The highest BCUT2D eigenvalue weighted by molar-refractivity contribution is 6.03. The second-order valence-corrected chi connectivity index (χ2v) is 7.86. The van der Waals surface area contributed by atoms with E-state index in [9.17, 15) is 4.79 Å². The molecule has 34 heavy (non-hydrogen) atoms. The molecule has 0 radical (unpaired) electrons. The van der Waals surface area contributed by atoms with E-state index in [4.69, 9.17) is 10.7 Å². The number of aliphatic imine (C=N–C) groups is 1. The Labute approximate surface area is 199 Å². The van der Waals surface area contributed by atoms with Crippen LogP contribution in [0.4, 0.5) is 5.69 Å². The molecule has 0 atom stereocenters. The Morgan fingerprint density at radius 2 is 1.68 bits per heavy atom. The number of carbonyl (C=O) groups excluding carboxylic acids is 1. The van der Waals surface area contributed by atoms with Crippen LogP contribution in [-0.2, 0) is 6.54 Å². The van der Waals surface area contributed by atoms with E-state index in [2.05, 4.69) is 35.1 Å². The van der Waals surface area contributed by atoms with Gasteiger partial charge in [0.1, 0.15) is 0 Å². The minimum atomic E-state index is -0.464. The number of hydrogen-bond donors (Lipinski definition) is 2. The number of nitrogens with zero attached hydrogens (tertiary/aromatic N) is 2. The fourth-order valence-corrected chi connectivity index (χ4v) is 3.74. The Balaban J connectivity index is 1.76. The van der Waals surface area contributed by atoms with Gasteiger partial charge in [-0.3, -0.25) is 14.8 Å². The van der Waals surface area contributed by atoms with Gasteiger partial charge in [0.25, 0.3) is 0 Å². The lowest BCUT2D eigenvalue weighted by atomic mass is 9.96. The van der Waals surface area contributed by atoms with E-state index < -0.39 is 5.91 Å². The minimum Gasteiger partial charge on any atom is -0.379 e. The van der Waals surface area contributed by atoms with Crippen molar-refractivity contribution in [3.05, 3.63) is 126 Å². The molecule has 0 aliphatic heterocycles. The topological polar surface area (TPSA) is 80.4 Å². The summed E-state index contributed by atoms with van der Waals surface area (Å²) in [5.74, 6) is -0.464. The Kier molecular flexibility index (Phi) is 6.94. The van der Waals surface area contributed by atoms with Gasteiger partial charge in [-0.05, 0) is 53.9 Å². The van der Waals surface area contributed by atoms with Crippen molar-refractivity contribution in [3.8, 4) is 11.1 Å². The first-order chi connectivity index (χ1) is 16.5. The third kappa shape index (κ3) is 5.27. The first kappa shape index (κ1) is 22.7. The van der Waals surface area contributed by atoms with Gasteiger partial charge in [-0.15, -0.1) is 0 Å². The maximum Gasteiger partial charge on any atom is 0.248 e. The second kappa shape index (κ2) is 10.4. The molecule has 1 heterocycles. The van der Waals surface area contributed by atoms with E-state index in [1.165, 1.54) is 0 Å². The van der Waals surface area contributed by atoms with Crippen molar-refractivity contribution in [2.24, 2.45) is 10.7 Å². The highest BCUT2D eigenvalue weighted by atomic mass is 16.1. The van der Waals surface area contributed by atoms with Crippen molar-refractivity contribution in [1.82, 2.24) is 10.3 Å². The summed E-state index contributed by atoms with van der Waals surface area (Å²) >= 11 is 0. The molecule has 0 aliphatic rings. The molecule has 0 saturated carbocycles. The van der Waals surface area contributed by atoms with Gasteiger partial charge in [-0.1, -0.05) is 67.2 Å². The Bertz CT molecular complexity index is 1350. The van der Waals surface area contributed by atoms with Crippen LogP contribution in [0.3, 0.4) is 0 Å². The molecule has 168 valence electrons. The average molecular weight is 447 g/mol. The van der Waals surface area contributed by atoms with Gasteiger partial charge >= 0.3 is 0 Å². The van der Waals surface area contributed by atoms with Crippen LogP contribution in [0, 0.1) is 0 Å². The summed E-state index contributed by atoms with van der Waals surface area (Å²) in [5, 5.41) is 3.42. The van der Waals surface area contributed by atoms with Crippen molar-refractivity contribution in [2.75, 3.05) is 0 Å². The summed E-state index contributed by atoms with van der Waals surface area (Å²) in [4.78, 5) is 21.0. The normalized spacial score (nSPS) is 11.1. The summed E-state index contributed by atoms with van der Waals surface area (Å²) in [6, 6.07) is 29.2. The van der Waals surface area contributed by atoms with Crippen molar-refractivity contribution < 1.29 is 4.79 Å². The summed E-state index contributed by atoms with van der Waals surface area (Å²) in [5.41, 5.74) is 13.0. The summed E-state index contributed by atoms with van der Waals surface area (Å²) < 4.78 is 0. The van der Waals surface area contributed by atoms with E-state index >= 15 is 0 Å². The second-order valence-electron chi connectivity index (χ2n) is 7.86. The largest absolute Gasteiger partial charge is 0.379 e. The number of nitrogens with one attached hydrogen (secondary N) is 1. The van der Waals surface area contributed by atoms with Crippen LogP contribution in [0.2, 0.25) is 0 Å². The SMILES string of the molecule is C=C(NCc1ccccn1)c1c(/N=C(\C)c2cccc(C(N)=O)c2)cccc1-c1ccccc1. The smallest absolute Gasteiger partial charge is 0.248 e. The van der Waals surface area contributed by atoms with Crippen LogP contribution in [0.1, 0.15) is 34.1 Å². The van der Waals surface area contributed by atoms with Gasteiger partial charge in [-0.25, -0.2) is 0 Å². The molecule has 4 aromatic rings. The van der Waals surface area contributed by atoms with Crippen molar-refractivity contribution in [2.45, 2.75) is 13.5 Å². The molecule has 0 bridgehead atoms. The highest BCUT2D eigenvalue weighted by Gasteiger charge is 2.14. The van der Waals surface area contributed by atoms with Crippen molar-refractivity contribution in [3.63, 3.8) is 0 Å². The summed E-state index contributed by atoms with van der Waals surface area (Å²) in [6.07, 6.45) is 1.77. The molecule has 0 spiro atoms. The average Bonchev–Trinajstić information content (AvgIpc) is 2.88. The Morgan fingerprint density at radius 1 is 0.941 bits per heavy atom. The zero-order valence-corrected chi connectivity index (χ0v) is 19.0. The van der Waals surface area contributed by atoms with E-state index in [-0.39, 0.29) is 0 Å². The first-order valence-corrected chi connectivity index (χ1v) is 11.0. The fraction of sp³-hybridized carbons (Fsp3) is 0.0690. The van der Waals surface area contributed by atoms with Crippen LogP contribution < -0.4 is 11.1 Å². The van der Waals surface area contributed by atoms with Gasteiger partial charge in [0.15, 0.2) is 0 Å². The lowest BCUT2D eigenvalue weighted by Crippen LogP contribution is -2.13. The fourth-order valence-electron chi connectivity index (χ4n) is 3.74. The van der Waals surface area contributed by atoms with E-state index in [1.807, 2.05) is 67.6 Å². The van der Waals surface area contributed by atoms with Crippen LogP contribution >= 0.6 is 0 Å². The number of benzene rings is 3. The molecule has 0 aliphatic carbocycles. The first-order valence-electron chi connectivity index (χ1n) is 11.0. The third-order valence-corrected chi connectivity index (χ3v) is 5.49. The predicted octanol–water partition coefficient (Wildman–Crippen LogP) is 5.75. The number of pyridine rings is 1. The monoisotopic (exact) mass is 446 g/mol. The lowest BCUT2D eigenvalue weighted by Gasteiger charge is -2.17. The quantitative estimate of drug-likeness (QED) is 0.338. The number of aromatic nitrogens is 1. The lowest BCUT2D eigenvalue weighted by molar-refractivity contribution is 0.100. The van der Waals surface area contributed by atoms with Crippen LogP contribution in [0.15, 0.2) is 109 Å². The van der Waals surface area contributed by atoms with E-state index in [0.717, 1.165) is 45.0 Å². The van der Waals surface area contributed by atoms with Crippen LogP contribution in [-0.4, -0.2) is 16.6 Å². The maximum absolute atomic E-state index is 11.6. The van der Waals surface area contributed by atoms with Gasteiger partial charge < -0.3 is 11.1 Å². The maximum atomic E-state index is 11.6. The van der Waals surface area contributed by atoms with Gasteiger partial charge in [0.2, 0.25) is 5.91 Å². The Hall–Kier alpha value is -4.51. The molecule has 0 fully saturated rings. The molecular weight excluding hydrogens is 420 g/mol. The molecule has 3 aromatic carbocycles. The number of primary amides is 1. The molecule has 0 saturated heterocycles. The van der Waals surface area contributed by atoms with Gasteiger partial charge in [0.05, 0.1) is 17.9 Å². The zero-order valence-electron chi connectivity index (χ0n) is 19.0. The van der Waals surface area contributed by atoms with Crippen molar-refractivity contribution >= 4 is 23.0 Å². The molecule has 5 heteroatoms. The van der Waals surface area contributed by atoms with Crippen LogP contribution in [0.5, 0.6) is 0 Å². The zero-order chi connectivity index (χ0) is 23.9. The van der Waals surface area contributed by atoms with Gasteiger partial charge in [-0.2, -0.15) is 0 Å². The number of rotatable bonds is 8. The molecular formula is C29H26N4O. The van der Waals surface area contributed by atoms with Gasteiger partial charge in [0, 0.05) is 28.7 Å². The van der Waals surface area contributed by atoms with E-state index in [0.29, 0.717) is 12.1 Å². The standard InChI is InChI=1S/C29H26N4O/c1-20(23-12-8-13-24(18-23)29(30)34)33-27-16-9-15-26(22-10-4-3-5-11-22)28(27)21(2)32-19-25-14-6-7-17-31-25/h3-18,32H,2,19H2,1H3,(H2,30,34)/b33-20+. The summed E-state index contributed by atoms with van der Waals surface area (Å²) in [6.45, 7) is 6.80. The van der Waals surface area contributed by atoms with Crippen LogP contribution in [0.25, 0.3) is 16.8 Å². The highest BCUT2D eigenvalue weighted by Crippen LogP contribution is 2.35. The molecule has 3 N–H and O–H groups in total. The molecule has 1 aromatic heterocycles. The number of carbonyl (C=O) groups is 1. The summed E-state index contributed by atoms with van der Waals surface area (Å²) in [7, 11) is 0. The Morgan fingerprint density at radius 3 is 2.41 bits per heavy atom. The third-order valence-electron chi connectivity index (χ3n) is 5.49. The molecule has 1 amide bonds. The molecule has 4 rings (SSSR count). The number of nitrogens with two attached hydrogens (primary N) is 1.